The van der Waals surface area contributed by atoms with Gasteiger partial charge in [-0.05, 0) is 37.5 Å². The van der Waals surface area contributed by atoms with Gasteiger partial charge in [0.05, 0.1) is 17.7 Å². The van der Waals surface area contributed by atoms with Crippen LogP contribution >= 0.6 is 11.6 Å². The van der Waals surface area contributed by atoms with Crippen LogP contribution in [0.15, 0.2) is 18.2 Å². The maximum Gasteiger partial charge on any atom is 0.146 e. The molecule has 0 radical (unpaired) electrons. The molecule has 84 valence electrons. The first kappa shape index (κ1) is 11.2. The van der Waals surface area contributed by atoms with Crippen LogP contribution in [0.2, 0.25) is 5.02 Å². The summed E-state index contributed by atoms with van der Waals surface area (Å²) in [6.45, 7) is 0. The fourth-order valence-electron chi connectivity index (χ4n) is 2.10. The van der Waals surface area contributed by atoms with Crippen LogP contribution < -0.4 is 5.32 Å². The minimum atomic E-state index is -0.326. The molecule has 0 aliphatic heterocycles. The second-order valence-corrected chi connectivity index (χ2v) is 4.48. The van der Waals surface area contributed by atoms with E-state index in [1.165, 1.54) is 12.1 Å². The van der Waals surface area contributed by atoms with Gasteiger partial charge in [-0.2, -0.15) is 5.26 Å². The molecule has 16 heavy (non-hydrogen) atoms. The lowest BCUT2D eigenvalue weighted by Gasteiger charge is -2.17. The Kier molecular flexibility index (Phi) is 3.31. The summed E-state index contributed by atoms with van der Waals surface area (Å²) in [5, 5.41) is 12.5. The Morgan fingerprint density at radius 2 is 2.25 bits per heavy atom. The van der Waals surface area contributed by atoms with Gasteiger partial charge in [0.2, 0.25) is 0 Å². The van der Waals surface area contributed by atoms with Crippen LogP contribution in [0.1, 0.15) is 19.3 Å². The van der Waals surface area contributed by atoms with Crippen LogP contribution in [0.4, 0.5) is 10.1 Å². The second kappa shape index (κ2) is 4.71. The minimum absolute atomic E-state index is 0.0293. The Morgan fingerprint density at radius 3 is 3.00 bits per heavy atom. The van der Waals surface area contributed by atoms with Crippen molar-refractivity contribution in [3.05, 3.63) is 29.0 Å². The third-order valence-corrected chi connectivity index (χ3v) is 3.19. The Hall–Kier alpha value is -1.27. The van der Waals surface area contributed by atoms with Crippen molar-refractivity contribution in [1.29, 1.82) is 5.26 Å². The second-order valence-electron chi connectivity index (χ2n) is 4.04. The van der Waals surface area contributed by atoms with Crippen molar-refractivity contribution in [2.75, 3.05) is 5.32 Å². The summed E-state index contributed by atoms with van der Waals surface area (Å²) in [6.07, 6.45) is 2.80. The van der Waals surface area contributed by atoms with Crippen molar-refractivity contribution in [3.63, 3.8) is 0 Å². The SMILES string of the molecule is N#CC1CCCC1Nc1cc(Cl)ccc1F. The zero-order valence-electron chi connectivity index (χ0n) is 8.71. The van der Waals surface area contributed by atoms with E-state index in [-0.39, 0.29) is 17.8 Å². The van der Waals surface area contributed by atoms with Gasteiger partial charge in [-0.15, -0.1) is 0 Å². The van der Waals surface area contributed by atoms with Gasteiger partial charge in [0.1, 0.15) is 5.82 Å². The molecule has 1 aliphatic carbocycles. The first-order valence-electron chi connectivity index (χ1n) is 5.32. The molecule has 2 rings (SSSR count). The predicted octanol–water partition coefficient (Wildman–Crippen LogP) is 3.58. The highest BCUT2D eigenvalue weighted by atomic mass is 35.5. The Morgan fingerprint density at radius 1 is 1.44 bits per heavy atom. The van der Waals surface area contributed by atoms with Gasteiger partial charge < -0.3 is 5.32 Å². The Bertz CT molecular complexity index is 428. The molecule has 0 amide bonds. The summed E-state index contributed by atoms with van der Waals surface area (Å²) >= 11 is 5.80. The topological polar surface area (TPSA) is 35.8 Å². The van der Waals surface area contributed by atoms with Gasteiger partial charge in [0, 0.05) is 11.1 Å². The highest BCUT2D eigenvalue weighted by molar-refractivity contribution is 6.30. The molecular weight excluding hydrogens is 227 g/mol. The maximum atomic E-state index is 13.5. The van der Waals surface area contributed by atoms with Crippen molar-refractivity contribution in [3.8, 4) is 6.07 Å². The number of halogens is 2. The molecule has 1 N–H and O–H groups in total. The third kappa shape index (κ3) is 2.28. The fourth-order valence-corrected chi connectivity index (χ4v) is 2.27. The summed E-state index contributed by atoms with van der Waals surface area (Å²) in [6, 6.07) is 6.70. The van der Waals surface area contributed by atoms with E-state index in [0.29, 0.717) is 10.7 Å². The molecule has 2 atom stereocenters. The number of hydrogen-bond donors (Lipinski definition) is 1. The fraction of sp³-hybridized carbons (Fsp3) is 0.417. The average molecular weight is 239 g/mol. The quantitative estimate of drug-likeness (QED) is 0.855. The van der Waals surface area contributed by atoms with Crippen LogP contribution in [-0.2, 0) is 0 Å². The molecule has 0 saturated heterocycles. The minimum Gasteiger partial charge on any atom is -0.379 e. The largest absolute Gasteiger partial charge is 0.379 e. The number of nitrogens with zero attached hydrogens (tertiary/aromatic N) is 1. The highest BCUT2D eigenvalue weighted by Gasteiger charge is 2.27. The van der Waals surface area contributed by atoms with Crippen molar-refractivity contribution < 1.29 is 4.39 Å². The predicted molar refractivity (Wildman–Crippen MR) is 61.8 cm³/mol. The van der Waals surface area contributed by atoms with E-state index >= 15 is 0 Å². The monoisotopic (exact) mass is 238 g/mol. The first-order valence-corrected chi connectivity index (χ1v) is 5.69. The van der Waals surface area contributed by atoms with Crippen LogP contribution in [-0.4, -0.2) is 6.04 Å². The Labute approximate surface area is 99.0 Å². The van der Waals surface area contributed by atoms with Crippen molar-refractivity contribution in [2.24, 2.45) is 5.92 Å². The zero-order valence-corrected chi connectivity index (χ0v) is 9.47. The lowest BCUT2D eigenvalue weighted by Crippen LogP contribution is -2.23. The van der Waals surface area contributed by atoms with Crippen molar-refractivity contribution >= 4 is 17.3 Å². The summed E-state index contributed by atoms with van der Waals surface area (Å²) < 4.78 is 13.5. The summed E-state index contributed by atoms with van der Waals surface area (Å²) in [7, 11) is 0. The van der Waals surface area contributed by atoms with Gasteiger partial charge in [-0.3, -0.25) is 0 Å². The molecule has 1 saturated carbocycles. The molecule has 1 aliphatic rings. The maximum absolute atomic E-state index is 13.5. The Balaban J connectivity index is 2.14. The number of rotatable bonds is 2. The molecular formula is C12H12ClFN2. The van der Waals surface area contributed by atoms with E-state index in [2.05, 4.69) is 11.4 Å². The van der Waals surface area contributed by atoms with Crippen LogP contribution in [0, 0.1) is 23.1 Å². The van der Waals surface area contributed by atoms with Crippen LogP contribution in [0.5, 0.6) is 0 Å². The van der Waals surface area contributed by atoms with Gasteiger partial charge in [-0.1, -0.05) is 11.6 Å². The molecule has 2 nitrogen and oxygen atoms in total. The number of hydrogen-bond acceptors (Lipinski definition) is 2. The zero-order chi connectivity index (χ0) is 11.5. The lowest BCUT2D eigenvalue weighted by atomic mass is 10.1. The van der Waals surface area contributed by atoms with E-state index in [9.17, 15) is 4.39 Å². The molecule has 0 bridgehead atoms. The van der Waals surface area contributed by atoms with E-state index in [0.717, 1.165) is 19.3 Å². The highest BCUT2D eigenvalue weighted by Crippen LogP contribution is 2.29. The van der Waals surface area contributed by atoms with Gasteiger partial charge in [0.15, 0.2) is 0 Å². The molecule has 0 heterocycles. The lowest BCUT2D eigenvalue weighted by molar-refractivity contribution is 0.603. The molecule has 2 unspecified atom stereocenters. The van der Waals surface area contributed by atoms with E-state index in [1.54, 1.807) is 6.07 Å². The third-order valence-electron chi connectivity index (χ3n) is 2.95. The molecule has 0 spiro atoms. The standard InChI is InChI=1S/C12H12ClFN2/c13-9-4-5-10(14)12(6-9)16-11-3-1-2-8(11)7-15/h4-6,8,11,16H,1-3H2. The number of anilines is 1. The summed E-state index contributed by atoms with van der Waals surface area (Å²) in [4.78, 5) is 0. The molecule has 4 heteroatoms. The summed E-state index contributed by atoms with van der Waals surface area (Å²) in [5.41, 5.74) is 0.389. The van der Waals surface area contributed by atoms with E-state index < -0.39 is 0 Å². The van der Waals surface area contributed by atoms with Crippen LogP contribution in [0.3, 0.4) is 0 Å². The van der Waals surface area contributed by atoms with Crippen molar-refractivity contribution in [1.82, 2.24) is 0 Å². The number of nitriles is 1. The van der Waals surface area contributed by atoms with E-state index in [4.69, 9.17) is 16.9 Å². The van der Waals surface area contributed by atoms with Gasteiger partial charge in [-0.25, -0.2) is 4.39 Å². The van der Waals surface area contributed by atoms with E-state index in [1.807, 2.05) is 0 Å². The molecule has 0 aromatic heterocycles. The van der Waals surface area contributed by atoms with Gasteiger partial charge in [0.25, 0.3) is 0 Å². The molecule has 1 fully saturated rings. The van der Waals surface area contributed by atoms with Gasteiger partial charge >= 0.3 is 0 Å². The molecule has 1 aromatic carbocycles. The average Bonchev–Trinajstić information content (AvgIpc) is 2.71. The normalized spacial score (nSPS) is 24.1. The molecule has 1 aromatic rings. The van der Waals surface area contributed by atoms with Crippen LogP contribution in [0.25, 0.3) is 0 Å². The number of benzene rings is 1. The summed E-state index contributed by atoms with van der Waals surface area (Å²) in [5.74, 6) is -0.355. The first-order chi connectivity index (χ1) is 7.70. The number of nitrogens with one attached hydrogen (secondary N) is 1. The van der Waals surface area contributed by atoms with Crippen molar-refractivity contribution in [2.45, 2.75) is 25.3 Å². The smallest absolute Gasteiger partial charge is 0.146 e.